The molecule has 8 nitrogen and oxygen atoms in total. The van der Waals surface area contributed by atoms with E-state index in [-0.39, 0.29) is 11.4 Å². The Morgan fingerprint density at radius 3 is 2.65 bits per heavy atom. The fraction of sp³-hybridized carbons (Fsp3) is 0.455. The average Bonchev–Trinajstić information content (AvgIpc) is 3.26. The highest BCUT2D eigenvalue weighted by atomic mass is 19.1. The van der Waals surface area contributed by atoms with Crippen LogP contribution in [0.25, 0.3) is 17.1 Å². The molecule has 2 atom stereocenters. The summed E-state index contributed by atoms with van der Waals surface area (Å²) in [5.41, 5.74) is 0.949. The molecule has 0 aliphatic carbocycles. The Kier molecular flexibility index (Phi) is 5.38. The second-order valence-corrected chi connectivity index (χ2v) is 8.96. The van der Waals surface area contributed by atoms with Crippen molar-refractivity contribution in [1.29, 1.82) is 0 Å². The van der Waals surface area contributed by atoms with Crippen molar-refractivity contribution >= 4 is 0 Å². The highest BCUT2D eigenvalue weighted by Crippen LogP contribution is 2.34. The van der Waals surface area contributed by atoms with Gasteiger partial charge in [-0.15, -0.1) is 10.2 Å². The minimum absolute atomic E-state index is 0.252. The lowest BCUT2D eigenvalue weighted by Crippen LogP contribution is -2.66. The van der Waals surface area contributed by atoms with Gasteiger partial charge in [0.25, 0.3) is 0 Å². The number of aromatic nitrogens is 5. The van der Waals surface area contributed by atoms with Crippen LogP contribution in [0.4, 0.5) is 4.39 Å². The van der Waals surface area contributed by atoms with Crippen LogP contribution in [0.1, 0.15) is 34.1 Å². The van der Waals surface area contributed by atoms with E-state index >= 15 is 0 Å². The molecule has 31 heavy (non-hydrogen) atoms. The lowest BCUT2D eigenvalue weighted by Gasteiger charge is -2.48. The maximum atomic E-state index is 15.0. The maximum absolute atomic E-state index is 15.0. The maximum Gasteiger partial charge on any atom is 0.233 e. The van der Waals surface area contributed by atoms with E-state index in [9.17, 15) is 4.39 Å². The van der Waals surface area contributed by atoms with E-state index in [1.54, 1.807) is 38.0 Å². The van der Waals surface area contributed by atoms with Crippen molar-refractivity contribution in [3.8, 4) is 28.7 Å². The molecule has 1 fully saturated rings. The lowest BCUT2D eigenvalue weighted by molar-refractivity contribution is -0.0281. The third kappa shape index (κ3) is 4.36. The Morgan fingerprint density at radius 2 is 2.00 bits per heavy atom. The van der Waals surface area contributed by atoms with Gasteiger partial charge in [-0.1, -0.05) is 0 Å². The first kappa shape index (κ1) is 21.2. The third-order valence-corrected chi connectivity index (χ3v) is 5.40. The zero-order valence-corrected chi connectivity index (χ0v) is 18.3. The molecule has 1 saturated heterocycles. The van der Waals surface area contributed by atoms with Gasteiger partial charge in [0.1, 0.15) is 23.2 Å². The number of nitrogens with zero attached hydrogens (tertiary/aromatic N) is 5. The largest absolute Gasteiger partial charge is 0.494 e. The van der Waals surface area contributed by atoms with Crippen LogP contribution in [0.2, 0.25) is 0 Å². The molecule has 1 aliphatic rings. The zero-order chi connectivity index (χ0) is 22.2. The number of pyridine rings is 1. The van der Waals surface area contributed by atoms with Crippen LogP contribution in [0.15, 0.2) is 43.1 Å². The molecule has 0 bridgehead atoms. The molecule has 0 amide bonds. The number of halogens is 1. The fourth-order valence-corrected chi connectivity index (χ4v) is 4.16. The summed E-state index contributed by atoms with van der Waals surface area (Å²) in [5, 5.41) is 11.7. The number of hydrogen-bond donors (Lipinski definition) is 1. The van der Waals surface area contributed by atoms with Gasteiger partial charge in [-0.3, -0.25) is 0 Å². The number of ether oxygens (including phenoxy) is 2. The second kappa shape index (κ2) is 7.88. The lowest BCUT2D eigenvalue weighted by atomic mass is 9.79. The molecule has 4 heterocycles. The molecule has 0 saturated carbocycles. The highest BCUT2D eigenvalue weighted by Gasteiger charge is 2.47. The van der Waals surface area contributed by atoms with Crippen LogP contribution in [0.5, 0.6) is 11.6 Å². The van der Waals surface area contributed by atoms with Gasteiger partial charge in [0.05, 0.1) is 25.3 Å². The van der Waals surface area contributed by atoms with E-state index in [1.165, 1.54) is 0 Å². The molecular formula is C22H27FN6O2. The van der Waals surface area contributed by atoms with Crippen molar-refractivity contribution in [3.63, 3.8) is 0 Å². The van der Waals surface area contributed by atoms with Crippen molar-refractivity contribution in [2.24, 2.45) is 0 Å². The quantitative estimate of drug-likeness (QED) is 0.669. The van der Waals surface area contributed by atoms with Crippen molar-refractivity contribution < 1.29 is 13.9 Å². The van der Waals surface area contributed by atoms with Crippen LogP contribution in [0.3, 0.4) is 0 Å². The van der Waals surface area contributed by atoms with Gasteiger partial charge >= 0.3 is 0 Å². The molecule has 1 aliphatic heterocycles. The fourth-order valence-electron chi connectivity index (χ4n) is 4.16. The summed E-state index contributed by atoms with van der Waals surface area (Å²) in [4.78, 5) is 8.53. The van der Waals surface area contributed by atoms with Crippen LogP contribution in [-0.4, -0.2) is 55.2 Å². The van der Waals surface area contributed by atoms with Gasteiger partial charge in [-0.05, 0) is 33.8 Å². The molecule has 0 aromatic carbocycles. The Hall–Kier alpha value is -3.07. The first-order valence-electron chi connectivity index (χ1n) is 10.1. The molecule has 4 rings (SSSR count). The number of alkyl halides is 1. The van der Waals surface area contributed by atoms with E-state index < -0.39 is 17.8 Å². The molecule has 3 aromatic heterocycles. The Morgan fingerprint density at radius 1 is 1.19 bits per heavy atom. The summed E-state index contributed by atoms with van der Waals surface area (Å²) >= 11 is 0. The molecule has 0 radical (unpaired) electrons. The van der Waals surface area contributed by atoms with Gasteiger partial charge in [0, 0.05) is 42.0 Å². The van der Waals surface area contributed by atoms with E-state index in [0.717, 1.165) is 5.69 Å². The van der Waals surface area contributed by atoms with Gasteiger partial charge in [0.15, 0.2) is 6.17 Å². The van der Waals surface area contributed by atoms with Gasteiger partial charge < -0.3 is 19.4 Å². The minimum atomic E-state index is -1.18. The predicted molar refractivity (Wildman–Crippen MR) is 114 cm³/mol. The molecule has 164 valence electrons. The van der Waals surface area contributed by atoms with E-state index in [1.807, 2.05) is 44.5 Å². The molecule has 3 aromatic rings. The standard InChI is InChI=1S/C22H27FN6O2/c1-21(2)11-17(20(23)22(3,4)28-21)31-18-7-6-15(26-27-18)19-16(30-5)10-14(12-25-19)29-9-8-24-13-29/h6-10,12-13,17,20,28H,11H2,1-5H3. The van der Waals surface area contributed by atoms with Crippen LogP contribution in [-0.2, 0) is 0 Å². The summed E-state index contributed by atoms with van der Waals surface area (Å²) in [6.07, 6.45) is 5.63. The Bertz CT molecular complexity index is 1040. The average molecular weight is 426 g/mol. The monoisotopic (exact) mass is 426 g/mol. The van der Waals surface area contributed by atoms with Crippen molar-refractivity contribution in [3.05, 3.63) is 43.1 Å². The number of rotatable bonds is 5. The van der Waals surface area contributed by atoms with Crippen molar-refractivity contribution in [1.82, 2.24) is 30.0 Å². The van der Waals surface area contributed by atoms with Gasteiger partial charge in [-0.2, -0.15) is 0 Å². The first-order valence-corrected chi connectivity index (χ1v) is 10.1. The number of imidazole rings is 1. The van der Waals surface area contributed by atoms with Crippen LogP contribution in [0, 0.1) is 0 Å². The molecule has 1 N–H and O–H groups in total. The minimum Gasteiger partial charge on any atom is -0.494 e. The Balaban J connectivity index is 1.55. The Labute approximate surface area is 180 Å². The highest BCUT2D eigenvalue weighted by molar-refractivity contribution is 5.64. The summed E-state index contributed by atoms with van der Waals surface area (Å²) in [5.74, 6) is 0.832. The van der Waals surface area contributed by atoms with Gasteiger partial charge in [-0.25, -0.2) is 14.4 Å². The normalized spacial score (nSPS) is 22.1. The number of piperidine rings is 1. The predicted octanol–water partition coefficient (Wildman–Crippen LogP) is 3.37. The summed E-state index contributed by atoms with van der Waals surface area (Å²) < 4.78 is 28.2. The smallest absolute Gasteiger partial charge is 0.233 e. The topological polar surface area (TPSA) is 87.0 Å². The van der Waals surface area contributed by atoms with E-state index in [4.69, 9.17) is 9.47 Å². The summed E-state index contributed by atoms with van der Waals surface area (Å²) in [6, 6.07) is 5.28. The van der Waals surface area contributed by atoms with E-state index in [2.05, 4.69) is 25.5 Å². The molecule has 9 heteroatoms. The van der Waals surface area contributed by atoms with Crippen LogP contribution < -0.4 is 14.8 Å². The van der Waals surface area contributed by atoms with Crippen LogP contribution >= 0.6 is 0 Å². The number of methoxy groups -OCH3 is 1. The molecule has 2 unspecified atom stereocenters. The zero-order valence-electron chi connectivity index (χ0n) is 18.3. The van der Waals surface area contributed by atoms with E-state index in [0.29, 0.717) is 23.6 Å². The number of nitrogens with one attached hydrogen (secondary N) is 1. The third-order valence-electron chi connectivity index (χ3n) is 5.40. The summed E-state index contributed by atoms with van der Waals surface area (Å²) in [7, 11) is 1.57. The first-order chi connectivity index (χ1) is 14.7. The molecular weight excluding hydrogens is 399 g/mol. The summed E-state index contributed by atoms with van der Waals surface area (Å²) in [6.45, 7) is 7.76. The molecule has 0 spiro atoms. The SMILES string of the molecule is COc1cc(-n2ccnc2)cnc1-c1ccc(OC2CC(C)(C)NC(C)(C)C2F)nn1. The van der Waals surface area contributed by atoms with Crippen molar-refractivity contribution in [2.45, 2.75) is 57.5 Å². The second-order valence-electron chi connectivity index (χ2n) is 8.96. The van der Waals surface area contributed by atoms with Crippen molar-refractivity contribution in [2.75, 3.05) is 7.11 Å². The van der Waals surface area contributed by atoms with Gasteiger partial charge in [0.2, 0.25) is 5.88 Å². The number of hydrogen-bond acceptors (Lipinski definition) is 7.